The van der Waals surface area contributed by atoms with Crippen LogP contribution in [0.4, 0.5) is 4.39 Å². The Morgan fingerprint density at radius 1 is 1.78 bits per heavy atom. The molecular weight excluding hydrogens is 119 g/mol. The van der Waals surface area contributed by atoms with Crippen LogP contribution in [0.15, 0.2) is 12.2 Å². The molecule has 0 aromatic carbocycles. The number of rotatable bonds is 0. The second-order valence-electron chi connectivity index (χ2n) is 2.77. The zero-order valence-electron chi connectivity index (χ0n) is 5.47. The average molecular weight is 130 g/mol. The Kier molecular flexibility index (Phi) is 1.58. The Hall–Kier alpha value is -0.370. The largest absolute Gasteiger partial charge is 0.386 e. The molecule has 0 aromatic heterocycles. The molecular formula is C7H11FO. The van der Waals surface area contributed by atoms with E-state index in [0.29, 0.717) is 12.8 Å². The third kappa shape index (κ3) is 1.79. The lowest BCUT2D eigenvalue weighted by atomic mass is 9.92. The molecule has 2 heteroatoms. The van der Waals surface area contributed by atoms with Gasteiger partial charge in [-0.3, -0.25) is 0 Å². The topological polar surface area (TPSA) is 20.2 Å². The fraction of sp³-hybridized carbons (Fsp3) is 0.714. The highest BCUT2D eigenvalue weighted by Crippen LogP contribution is 2.22. The highest BCUT2D eigenvalue weighted by Gasteiger charge is 2.22. The van der Waals surface area contributed by atoms with Crippen molar-refractivity contribution in [3.63, 3.8) is 0 Å². The molecule has 0 bridgehead atoms. The van der Waals surface area contributed by atoms with Crippen LogP contribution in [0.3, 0.4) is 0 Å². The molecule has 0 amide bonds. The molecule has 0 radical (unpaired) electrons. The zero-order chi connectivity index (χ0) is 6.91. The normalized spacial score (nSPS) is 43.2. The molecule has 0 heterocycles. The van der Waals surface area contributed by atoms with Crippen molar-refractivity contribution in [1.29, 1.82) is 0 Å². The van der Waals surface area contributed by atoms with Crippen molar-refractivity contribution in [1.82, 2.24) is 0 Å². The van der Waals surface area contributed by atoms with Gasteiger partial charge in [0.1, 0.15) is 6.17 Å². The molecule has 1 unspecified atom stereocenters. The van der Waals surface area contributed by atoms with Crippen LogP contribution < -0.4 is 0 Å². The maximum Gasteiger partial charge on any atom is 0.118 e. The molecule has 1 nitrogen and oxygen atoms in total. The quantitative estimate of drug-likeness (QED) is 0.492. The standard InChI is InChI=1S/C7H11FO/c1-7(9)4-2-6(8)3-5-7/h2,4,6,9H,3,5H2,1H3/t6?,7-/m0/s1. The summed E-state index contributed by atoms with van der Waals surface area (Å²) < 4.78 is 12.3. The summed E-state index contributed by atoms with van der Waals surface area (Å²) in [7, 11) is 0. The maximum absolute atomic E-state index is 12.3. The highest BCUT2D eigenvalue weighted by molar-refractivity contribution is 5.06. The van der Waals surface area contributed by atoms with Gasteiger partial charge in [0.25, 0.3) is 0 Å². The van der Waals surface area contributed by atoms with Gasteiger partial charge in [-0.25, -0.2) is 4.39 Å². The Morgan fingerprint density at radius 2 is 2.44 bits per heavy atom. The van der Waals surface area contributed by atoms with E-state index >= 15 is 0 Å². The van der Waals surface area contributed by atoms with E-state index in [-0.39, 0.29) is 0 Å². The fourth-order valence-corrected chi connectivity index (χ4v) is 0.921. The molecule has 0 aliphatic heterocycles. The van der Waals surface area contributed by atoms with Gasteiger partial charge < -0.3 is 5.11 Å². The van der Waals surface area contributed by atoms with Crippen molar-refractivity contribution in [3.8, 4) is 0 Å². The molecule has 0 fully saturated rings. The van der Waals surface area contributed by atoms with Crippen LogP contribution in [0, 0.1) is 0 Å². The third-order valence-corrected chi connectivity index (χ3v) is 1.59. The van der Waals surface area contributed by atoms with Crippen molar-refractivity contribution in [2.24, 2.45) is 0 Å². The summed E-state index contributed by atoms with van der Waals surface area (Å²) >= 11 is 0. The molecule has 1 aliphatic carbocycles. The van der Waals surface area contributed by atoms with Crippen LogP contribution in [0.5, 0.6) is 0 Å². The first-order valence-electron chi connectivity index (χ1n) is 3.16. The number of aliphatic hydroxyl groups is 1. The number of hydrogen-bond acceptors (Lipinski definition) is 1. The third-order valence-electron chi connectivity index (χ3n) is 1.59. The van der Waals surface area contributed by atoms with Crippen LogP contribution >= 0.6 is 0 Å². The van der Waals surface area contributed by atoms with Crippen LogP contribution in [0.2, 0.25) is 0 Å². The lowest BCUT2D eigenvalue weighted by molar-refractivity contribution is 0.0838. The van der Waals surface area contributed by atoms with Gasteiger partial charge in [0, 0.05) is 0 Å². The first-order chi connectivity index (χ1) is 4.10. The molecule has 1 rings (SSSR count). The minimum absolute atomic E-state index is 0.448. The van der Waals surface area contributed by atoms with Crippen molar-refractivity contribution < 1.29 is 9.50 Å². The second kappa shape index (κ2) is 2.10. The summed E-state index contributed by atoms with van der Waals surface area (Å²) in [6.45, 7) is 1.69. The Labute approximate surface area is 54.2 Å². The smallest absolute Gasteiger partial charge is 0.118 e. The molecule has 0 aromatic rings. The summed E-state index contributed by atoms with van der Waals surface area (Å²) in [4.78, 5) is 0. The maximum atomic E-state index is 12.3. The summed E-state index contributed by atoms with van der Waals surface area (Å²) in [6.07, 6.45) is 3.09. The predicted octanol–water partition coefficient (Wildman–Crippen LogP) is 1.43. The Morgan fingerprint density at radius 3 is 2.78 bits per heavy atom. The van der Waals surface area contributed by atoms with Crippen LogP contribution in [-0.4, -0.2) is 16.9 Å². The van der Waals surface area contributed by atoms with E-state index < -0.39 is 11.8 Å². The monoisotopic (exact) mass is 130 g/mol. The lowest BCUT2D eigenvalue weighted by Crippen LogP contribution is -2.25. The van der Waals surface area contributed by atoms with E-state index in [4.69, 9.17) is 0 Å². The minimum atomic E-state index is -0.842. The minimum Gasteiger partial charge on any atom is -0.386 e. The van der Waals surface area contributed by atoms with Gasteiger partial charge in [0.05, 0.1) is 5.60 Å². The predicted molar refractivity (Wildman–Crippen MR) is 33.9 cm³/mol. The summed E-state index contributed by atoms with van der Waals surface area (Å²) in [5.41, 5.74) is -0.761. The van der Waals surface area contributed by atoms with Crippen molar-refractivity contribution >= 4 is 0 Å². The molecule has 0 saturated heterocycles. The number of halogens is 1. The lowest BCUT2D eigenvalue weighted by Gasteiger charge is -2.23. The van der Waals surface area contributed by atoms with Gasteiger partial charge in [0.2, 0.25) is 0 Å². The molecule has 9 heavy (non-hydrogen) atoms. The first kappa shape index (κ1) is 6.75. The molecule has 0 spiro atoms. The second-order valence-corrected chi connectivity index (χ2v) is 2.77. The average Bonchev–Trinajstić information content (AvgIpc) is 1.78. The first-order valence-corrected chi connectivity index (χ1v) is 3.16. The van der Waals surface area contributed by atoms with Gasteiger partial charge >= 0.3 is 0 Å². The summed E-state index contributed by atoms with van der Waals surface area (Å²) in [6, 6.07) is 0. The van der Waals surface area contributed by atoms with Crippen LogP contribution in [-0.2, 0) is 0 Å². The van der Waals surface area contributed by atoms with Crippen LogP contribution in [0.1, 0.15) is 19.8 Å². The van der Waals surface area contributed by atoms with E-state index in [2.05, 4.69) is 0 Å². The van der Waals surface area contributed by atoms with Gasteiger partial charge in [0.15, 0.2) is 0 Å². The molecule has 52 valence electrons. The fourth-order valence-electron chi connectivity index (χ4n) is 0.921. The van der Waals surface area contributed by atoms with Crippen molar-refractivity contribution in [2.75, 3.05) is 0 Å². The van der Waals surface area contributed by atoms with E-state index in [1.54, 1.807) is 6.92 Å². The summed E-state index contributed by atoms with van der Waals surface area (Å²) in [5, 5.41) is 9.24. The zero-order valence-corrected chi connectivity index (χ0v) is 5.47. The van der Waals surface area contributed by atoms with Gasteiger partial charge in [-0.2, -0.15) is 0 Å². The Balaban J connectivity index is 2.58. The van der Waals surface area contributed by atoms with E-state index in [1.807, 2.05) is 0 Å². The van der Waals surface area contributed by atoms with Gasteiger partial charge in [-0.1, -0.05) is 12.2 Å². The Bertz CT molecular complexity index is 129. The molecule has 1 aliphatic rings. The molecule has 2 atom stereocenters. The van der Waals surface area contributed by atoms with Gasteiger partial charge in [-0.05, 0) is 19.8 Å². The highest BCUT2D eigenvalue weighted by atomic mass is 19.1. The number of allylic oxidation sites excluding steroid dienone is 1. The SMILES string of the molecule is C[C@]1(O)C=CC(F)CC1. The molecule has 1 N–H and O–H groups in total. The number of alkyl halides is 1. The molecule has 0 saturated carbocycles. The summed E-state index contributed by atoms with van der Waals surface area (Å²) in [5.74, 6) is 0. The van der Waals surface area contributed by atoms with Crippen molar-refractivity contribution in [2.45, 2.75) is 31.5 Å². The van der Waals surface area contributed by atoms with E-state index in [9.17, 15) is 9.50 Å². The van der Waals surface area contributed by atoms with Crippen LogP contribution in [0.25, 0.3) is 0 Å². The van der Waals surface area contributed by atoms with E-state index in [1.165, 1.54) is 12.2 Å². The van der Waals surface area contributed by atoms with E-state index in [0.717, 1.165) is 0 Å². The van der Waals surface area contributed by atoms with Gasteiger partial charge in [-0.15, -0.1) is 0 Å². The number of hydrogen-bond donors (Lipinski definition) is 1. The van der Waals surface area contributed by atoms with Crippen molar-refractivity contribution in [3.05, 3.63) is 12.2 Å².